The van der Waals surface area contributed by atoms with Gasteiger partial charge in [-0.25, -0.2) is 4.98 Å². The number of rotatable bonds is 2. The number of carboxylic acids is 1. The summed E-state index contributed by atoms with van der Waals surface area (Å²) in [6, 6.07) is 0. The number of anilines is 1. The van der Waals surface area contributed by atoms with Crippen molar-refractivity contribution in [2.45, 2.75) is 6.92 Å². The fourth-order valence-electron chi connectivity index (χ4n) is 1.75. The van der Waals surface area contributed by atoms with Gasteiger partial charge in [-0.1, -0.05) is 6.92 Å². The Morgan fingerprint density at radius 2 is 2.50 bits per heavy atom. The average molecular weight is 213 g/mol. The van der Waals surface area contributed by atoms with E-state index in [2.05, 4.69) is 9.36 Å². The Labute approximate surface area is 85.6 Å². The molecule has 14 heavy (non-hydrogen) atoms. The lowest BCUT2D eigenvalue weighted by molar-refractivity contribution is -0.142. The maximum absolute atomic E-state index is 10.9. The predicted octanol–water partition coefficient (Wildman–Crippen LogP) is 0.695. The second-order valence-electron chi connectivity index (χ2n) is 3.55. The van der Waals surface area contributed by atoms with Crippen LogP contribution in [0.3, 0.4) is 0 Å². The van der Waals surface area contributed by atoms with Crippen LogP contribution in [-0.4, -0.2) is 33.5 Å². The molecule has 1 saturated heterocycles. The van der Waals surface area contributed by atoms with Gasteiger partial charge < -0.3 is 10.0 Å². The van der Waals surface area contributed by atoms with Crippen molar-refractivity contribution >= 4 is 22.6 Å². The summed E-state index contributed by atoms with van der Waals surface area (Å²) >= 11 is 1.31. The third-order valence-corrected chi connectivity index (χ3v) is 3.28. The predicted molar refractivity (Wildman–Crippen MR) is 52.4 cm³/mol. The summed E-state index contributed by atoms with van der Waals surface area (Å²) in [5.74, 6) is -0.820. The summed E-state index contributed by atoms with van der Waals surface area (Å²) in [5.41, 5.74) is 0. The van der Waals surface area contributed by atoms with Crippen LogP contribution in [0.2, 0.25) is 0 Å². The van der Waals surface area contributed by atoms with Gasteiger partial charge in [0.15, 0.2) is 0 Å². The molecule has 1 aliphatic heterocycles. The Morgan fingerprint density at radius 1 is 1.71 bits per heavy atom. The van der Waals surface area contributed by atoms with Crippen molar-refractivity contribution < 1.29 is 9.90 Å². The Balaban J connectivity index is 2.10. The Hall–Kier alpha value is -1.17. The van der Waals surface area contributed by atoms with E-state index in [1.165, 1.54) is 17.9 Å². The normalized spacial score (nSPS) is 26.8. The van der Waals surface area contributed by atoms with Gasteiger partial charge in [-0.05, 0) is 5.92 Å². The van der Waals surface area contributed by atoms with Crippen LogP contribution >= 0.6 is 11.5 Å². The Bertz CT molecular complexity index is 327. The number of nitrogens with zero attached hydrogens (tertiary/aromatic N) is 3. The fourth-order valence-corrected chi connectivity index (χ4v) is 2.30. The number of hydrogen-bond donors (Lipinski definition) is 1. The zero-order valence-electron chi connectivity index (χ0n) is 7.75. The van der Waals surface area contributed by atoms with Gasteiger partial charge in [0, 0.05) is 24.6 Å². The first-order chi connectivity index (χ1) is 6.68. The molecule has 0 unspecified atom stereocenters. The summed E-state index contributed by atoms with van der Waals surface area (Å²) < 4.78 is 3.90. The number of aromatic nitrogens is 2. The maximum Gasteiger partial charge on any atom is 0.308 e. The molecule has 6 heteroatoms. The van der Waals surface area contributed by atoms with E-state index in [1.54, 1.807) is 0 Å². The van der Waals surface area contributed by atoms with Crippen LogP contribution < -0.4 is 4.90 Å². The zero-order valence-corrected chi connectivity index (χ0v) is 8.57. The minimum absolute atomic E-state index is 0.177. The molecule has 1 aromatic heterocycles. The van der Waals surface area contributed by atoms with Gasteiger partial charge in [-0.15, -0.1) is 0 Å². The summed E-state index contributed by atoms with van der Waals surface area (Å²) in [6.07, 6.45) is 1.50. The summed E-state index contributed by atoms with van der Waals surface area (Å²) in [4.78, 5) is 16.9. The second kappa shape index (κ2) is 3.53. The summed E-state index contributed by atoms with van der Waals surface area (Å²) in [7, 11) is 0. The van der Waals surface area contributed by atoms with E-state index in [0.29, 0.717) is 6.54 Å². The summed E-state index contributed by atoms with van der Waals surface area (Å²) in [6.45, 7) is 3.26. The number of carboxylic acid groups (broad SMARTS) is 1. The molecule has 0 saturated carbocycles. The lowest BCUT2D eigenvalue weighted by Gasteiger charge is -2.12. The molecule has 0 spiro atoms. The Kier molecular flexibility index (Phi) is 2.37. The van der Waals surface area contributed by atoms with Gasteiger partial charge in [0.1, 0.15) is 6.33 Å². The van der Waals surface area contributed by atoms with Crippen LogP contribution in [0.5, 0.6) is 0 Å². The van der Waals surface area contributed by atoms with Crippen LogP contribution in [0.15, 0.2) is 6.33 Å². The minimum Gasteiger partial charge on any atom is -0.481 e. The van der Waals surface area contributed by atoms with Gasteiger partial charge in [0.25, 0.3) is 0 Å². The van der Waals surface area contributed by atoms with Crippen LogP contribution in [0.1, 0.15) is 6.92 Å². The lowest BCUT2D eigenvalue weighted by Crippen LogP contribution is -2.22. The van der Waals surface area contributed by atoms with Crippen molar-refractivity contribution in [3.63, 3.8) is 0 Å². The molecule has 0 amide bonds. The van der Waals surface area contributed by atoms with Crippen molar-refractivity contribution in [2.75, 3.05) is 18.0 Å². The van der Waals surface area contributed by atoms with Crippen LogP contribution in [-0.2, 0) is 4.79 Å². The molecular weight excluding hydrogens is 202 g/mol. The van der Waals surface area contributed by atoms with Gasteiger partial charge >= 0.3 is 5.97 Å². The van der Waals surface area contributed by atoms with E-state index >= 15 is 0 Å². The SMILES string of the molecule is C[C@@H]1CN(c2ncns2)C[C@H]1C(=O)O. The molecule has 1 fully saturated rings. The maximum atomic E-state index is 10.9. The minimum atomic E-state index is -0.718. The molecule has 0 radical (unpaired) electrons. The summed E-state index contributed by atoms with van der Waals surface area (Å²) in [5, 5.41) is 9.76. The zero-order chi connectivity index (χ0) is 10.1. The van der Waals surface area contributed by atoms with E-state index in [0.717, 1.165) is 11.7 Å². The van der Waals surface area contributed by atoms with E-state index in [1.807, 2.05) is 11.8 Å². The second-order valence-corrected chi connectivity index (χ2v) is 4.31. The van der Waals surface area contributed by atoms with E-state index in [9.17, 15) is 4.79 Å². The van der Waals surface area contributed by atoms with Gasteiger partial charge in [-0.3, -0.25) is 4.79 Å². The third kappa shape index (κ3) is 1.57. The van der Waals surface area contributed by atoms with Crippen LogP contribution in [0, 0.1) is 11.8 Å². The first-order valence-electron chi connectivity index (χ1n) is 4.43. The van der Waals surface area contributed by atoms with Crippen LogP contribution in [0.25, 0.3) is 0 Å². The molecular formula is C8H11N3O2S. The van der Waals surface area contributed by atoms with E-state index in [4.69, 9.17) is 5.11 Å². The van der Waals surface area contributed by atoms with Crippen molar-refractivity contribution in [1.29, 1.82) is 0 Å². The van der Waals surface area contributed by atoms with Crippen molar-refractivity contribution in [2.24, 2.45) is 11.8 Å². The topological polar surface area (TPSA) is 66.3 Å². The highest BCUT2D eigenvalue weighted by Gasteiger charge is 2.35. The molecule has 5 nitrogen and oxygen atoms in total. The van der Waals surface area contributed by atoms with Gasteiger partial charge in [0.2, 0.25) is 5.13 Å². The van der Waals surface area contributed by atoms with Gasteiger partial charge in [0.05, 0.1) is 5.92 Å². The van der Waals surface area contributed by atoms with Crippen molar-refractivity contribution in [3.8, 4) is 0 Å². The van der Waals surface area contributed by atoms with Crippen LogP contribution in [0.4, 0.5) is 5.13 Å². The van der Waals surface area contributed by atoms with Crippen molar-refractivity contribution in [1.82, 2.24) is 9.36 Å². The van der Waals surface area contributed by atoms with E-state index in [-0.39, 0.29) is 11.8 Å². The molecule has 1 aromatic rings. The average Bonchev–Trinajstić information content (AvgIpc) is 2.70. The highest BCUT2D eigenvalue weighted by Crippen LogP contribution is 2.28. The molecule has 1 aliphatic rings. The van der Waals surface area contributed by atoms with Gasteiger partial charge in [-0.2, -0.15) is 4.37 Å². The first-order valence-corrected chi connectivity index (χ1v) is 5.20. The first kappa shape index (κ1) is 9.39. The molecule has 0 aromatic carbocycles. The lowest BCUT2D eigenvalue weighted by atomic mass is 9.99. The quantitative estimate of drug-likeness (QED) is 0.783. The largest absolute Gasteiger partial charge is 0.481 e. The highest BCUT2D eigenvalue weighted by atomic mass is 32.1. The Morgan fingerprint density at radius 3 is 3.00 bits per heavy atom. The molecule has 76 valence electrons. The fraction of sp³-hybridized carbons (Fsp3) is 0.625. The van der Waals surface area contributed by atoms with E-state index < -0.39 is 5.97 Å². The standard InChI is InChI=1S/C8H11N3O2S/c1-5-2-11(3-6(5)7(12)13)8-9-4-10-14-8/h4-6H,2-3H2,1H3,(H,12,13)/t5-,6-/m1/s1. The third-order valence-electron chi connectivity index (χ3n) is 2.55. The smallest absolute Gasteiger partial charge is 0.308 e. The van der Waals surface area contributed by atoms with Crippen molar-refractivity contribution in [3.05, 3.63) is 6.33 Å². The molecule has 1 N–H and O–H groups in total. The number of carbonyl (C=O) groups is 1. The highest BCUT2D eigenvalue weighted by molar-refractivity contribution is 7.09. The monoisotopic (exact) mass is 213 g/mol. The molecule has 2 heterocycles. The number of hydrogen-bond acceptors (Lipinski definition) is 5. The molecule has 2 atom stereocenters. The molecule has 2 rings (SSSR count). The molecule has 0 bridgehead atoms. The molecule has 0 aliphatic carbocycles. The number of aliphatic carboxylic acids is 1.